The Morgan fingerprint density at radius 2 is 2.00 bits per heavy atom. The number of hydrogen-bond donors (Lipinski definition) is 2. The Hall–Kier alpha value is -2.21. The molecule has 2 unspecified atom stereocenters. The molecule has 0 aliphatic rings. The lowest BCUT2D eigenvalue weighted by Crippen LogP contribution is -2.39. The van der Waals surface area contributed by atoms with Crippen LogP contribution in [0.1, 0.15) is 18.9 Å². The van der Waals surface area contributed by atoms with Crippen LogP contribution in [-0.2, 0) is 20.9 Å². The fourth-order valence-corrected chi connectivity index (χ4v) is 1.53. The van der Waals surface area contributed by atoms with Crippen molar-refractivity contribution in [3.63, 3.8) is 0 Å². The van der Waals surface area contributed by atoms with Gasteiger partial charge < -0.3 is 20.6 Å². The molecule has 6 heteroatoms. The predicted octanol–water partition coefficient (Wildman–Crippen LogP) is 0.787. The molecule has 0 aliphatic heterocycles. The van der Waals surface area contributed by atoms with Gasteiger partial charge in [0.05, 0.1) is 0 Å². The number of Topliss-reactive ketones (excluding diaryl/α,β-unsaturated/α-hetero) is 1. The number of carbonyl (C=O) groups excluding carboxylic acids is 3. The quantitative estimate of drug-likeness (QED) is 0.567. The zero-order chi connectivity index (χ0) is 15.0. The molecule has 0 fully saturated rings. The zero-order valence-corrected chi connectivity index (χ0v) is 11.2. The number of nitrogens with two attached hydrogens (primary N) is 1. The molecule has 1 rings (SSSR count). The monoisotopic (exact) mass is 278 g/mol. The van der Waals surface area contributed by atoms with Crippen LogP contribution < -0.4 is 11.1 Å². The Kier molecular flexibility index (Phi) is 6.39. The highest BCUT2D eigenvalue weighted by Gasteiger charge is 2.17. The van der Waals surface area contributed by atoms with Crippen molar-refractivity contribution in [1.29, 1.82) is 0 Å². The van der Waals surface area contributed by atoms with Gasteiger partial charge in [-0.3, -0.25) is 4.79 Å². The first kappa shape index (κ1) is 15.8. The third-order valence-corrected chi connectivity index (χ3v) is 2.60. The highest BCUT2D eigenvalue weighted by Crippen LogP contribution is 2.01. The maximum atomic E-state index is 11.5. The molecule has 0 heterocycles. The van der Waals surface area contributed by atoms with Crippen LogP contribution in [0.4, 0.5) is 4.79 Å². The first-order valence-electron chi connectivity index (χ1n) is 6.23. The second-order valence-electron chi connectivity index (χ2n) is 4.44. The lowest BCUT2D eigenvalue weighted by Gasteiger charge is -2.14. The van der Waals surface area contributed by atoms with E-state index in [9.17, 15) is 14.4 Å². The molecule has 20 heavy (non-hydrogen) atoms. The van der Waals surface area contributed by atoms with Gasteiger partial charge in [-0.05, 0) is 12.5 Å². The topological polar surface area (TPSA) is 98.5 Å². The molecule has 0 saturated carbocycles. The molecule has 0 bridgehead atoms. The number of nitrogens with one attached hydrogen (secondary N) is 1. The van der Waals surface area contributed by atoms with Gasteiger partial charge in [0.15, 0.2) is 5.78 Å². The maximum absolute atomic E-state index is 11.5. The van der Waals surface area contributed by atoms with Gasteiger partial charge in [-0.1, -0.05) is 30.3 Å². The van der Waals surface area contributed by atoms with Gasteiger partial charge in [-0.2, -0.15) is 0 Å². The summed E-state index contributed by atoms with van der Waals surface area (Å²) >= 11 is 0. The van der Waals surface area contributed by atoms with E-state index in [1.807, 2.05) is 30.3 Å². The molecule has 1 amide bonds. The standard InChI is InChI=1S/C14H18N2O4/c1-10(7-13(18)12(15)8-17)16-14(19)20-9-11-5-3-2-4-6-11/h2-6,8,10,12H,7,9,15H2,1H3,(H,16,19). The third kappa shape index (κ3) is 5.62. The van der Waals surface area contributed by atoms with Crippen molar-refractivity contribution in [2.75, 3.05) is 0 Å². The fourth-order valence-electron chi connectivity index (χ4n) is 1.53. The molecule has 1 aromatic rings. The average Bonchev–Trinajstić information content (AvgIpc) is 2.45. The Bertz CT molecular complexity index is 462. The van der Waals surface area contributed by atoms with E-state index >= 15 is 0 Å². The summed E-state index contributed by atoms with van der Waals surface area (Å²) in [5.41, 5.74) is 6.14. The largest absolute Gasteiger partial charge is 0.445 e. The molecule has 3 N–H and O–H groups in total. The number of aldehydes is 1. The fraction of sp³-hybridized carbons (Fsp3) is 0.357. The molecule has 108 valence electrons. The van der Waals surface area contributed by atoms with Crippen LogP contribution in [0.2, 0.25) is 0 Å². The van der Waals surface area contributed by atoms with Gasteiger partial charge in [0.2, 0.25) is 0 Å². The van der Waals surface area contributed by atoms with E-state index in [0.717, 1.165) is 5.56 Å². The van der Waals surface area contributed by atoms with Crippen molar-refractivity contribution in [2.45, 2.75) is 32.0 Å². The van der Waals surface area contributed by atoms with Gasteiger partial charge >= 0.3 is 6.09 Å². The summed E-state index contributed by atoms with van der Waals surface area (Å²) in [5, 5.41) is 2.51. The lowest BCUT2D eigenvalue weighted by atomic mass is 10.1. The number of hydrogen-bond acceptors (Lipinski definition) is 5. The van der Waals surface area contributed by atoms with Crippen LogP contribution in [0.25, 0.3) is 0 Å². The molecular formula is C14H18N2O4. The normalized spacial score (nSPS) is 13.1. The Morgan fingerprint density at radius 1 is 1.35 bits per heavy atom. The summed E-state index contributed by atoms with van der Waals surface area (Å²) in [5.74, 6) is -0.421. The van der Waals surface area contributed by atoms with Gasteiger partial charge in [0.1, 0.15) is 18.9 Å². The molecule has 6 nitrogen and oxygen atoms in total. The number of rotatable bonds is 7. The minimum atomic E-state index is -1.14. The zero-order valence-electron chi connectivity index (χ0n) is 11.2. The minimum absolute atomic E-state index is 0.0135. The van der Waals surface area contributed by atoms with E-state index in [4.69, 9.17) is 10.5 Å². The van der Waals surface area contributed by atoms with Crippen LogP contribution >= 0.6 is 0 Å². The Labute approximate surface area is 117 Å². The van der Waals surface area contributed by atoms with Crippen LogP contribution in [-0.4, -0.2) is 30.2 Å². The van der Waals surface area contributed by atoms with E-state index in [1.54, 1.807) is 6.92 Å². The van der Waals surface area contributed by atoms with Gasteiger partial charge in [-0.25, -0.2) is 4.79 Å². The van der Waals surface area contributed by atoms with E-state index < -0.39 is 24.0 Å². The summed E-state index contributed by atoms with van der Waals surface area (Å²) in [4.78, 5) is 33.3. The number of alkyl carbamates (subject to hydrolysis) is 1. The number of amides is 1. The highest BCUT2D eigenvalue weighted by molar-refractivity contribution is 5.97. The van der Waals surface area contributed by atoms with Crippen LogP contribution in [0.5, 0.6) is 0 Å². The van der Waals surface area contributed by atoms with Crippen LogP contribution in [0.15, 0.2) is 30.3 Å². The summed E-state index contributed by atoms with van der Waals surface area (Å²) in [6.07, 6.45) is -0.253. The third-order valence-electron chi connectivity index (χ3n) is 2.60. The van der Waals surface area contributed by atoms with E-state index in [1.165, 1.54) is 0 Å². The molecule has 0 aliphatic carbocycles. The van der Waals surface area contributed by atoms with E-state index in [0.29, 0.717) is 6.29 Å². The van der Waals surface area contributed by atoms with Crippen molar-refractivity contribution in [3.05, 3.63) is 35.9 Å². The lowest BCUT2D eigenvalue weighted by molar-refractivity contribution is -0.124. The van der Waals surface area contributed by atoms with Gasteiger partial charge in [0, 0.05) is 12.5 Å². The van der Waals surface area contributed by atoms with Crippen molar-refractivity contribution in [1.82, 2.24) is 5.32 Å². The number of ether oxygens (including phenoxy) is 1. The SMILES string of the molecule is CC(CC(=O)C(N)C=O)NC(=O)OCc1ccccc1. The van der Waals surface area contributed by atoms with Crippen molar-refractivity contribution in [3.8, 4) is 0 Å². The summed E-state index contributed by atoms with van der Waals surface area (Å²) in [6, 6.07) is 7.65. The Balaban J connectivity index is 2.31. The van der Waals surface area contributed by atoms with Crippen LogP contribution in [0, 0.1) is 0 Å². The first-order chi connectivity index (χ1) is 9.52. The Morgan fingerprint density at radius 3 is 2.60 bits per heavy atom. The number of ketones is 1. The van der Waals surface area contributed by atoms with Crippen molar-refractivity contribution < 1.29 is 19.1 Å². The van der Waals surface area contributed by atoms with Crippen LogP contribution in [0.3, 0.4) is 0 Å². The second-order valence-corrected chi connectivity index (χ2v) is 4.44. The molecule has 2 atom stereocenters. The molecular weight excluding hydrogens is 260 g/mol. The predicted molar refractivity (Wildman–Crippen MR) is 72.9 cm³/mol. The van der Waals surface area contributed by atoms with Crippen molar-refractivity contribution in [2.24, 2.45) is 5.73 Å². The molecule has 0 saturated heterocycles. The molecule has 0 spiro atoms. The molecule has 0 aromatic heterocycles. The molecule has 0 radical (unpaired) electrons. The van der Waals surface area contributed by atoms with Gasteiger partial charge in [0.25, 0.3) is 0 Å². The summed E-state index contributed by atoms with van der Waals surface area (Å²) in [6.45, 7) is 1.79. The minimum Gasteiger partial charge on any atom is -0.445 e. The highest BCUT2D eigenvalue weighted by atomic mass is 16.5. The maximum Gasteiger partial charge on any atom is 0.407 e. The van der Waals surface area contributed by atoms with Crippen molar-refractivity contribution >= 4 is 18.2 Å². The summed E-state index contributed by atoms with van der Waals surface area (Å²) in [7, 11) is 0. The number of benzene rings is 1. The van der Waals surface area contributed by atoms with E-state index in [2.05, 4.69) is 5.32 Å². The first-order valence-corrected chi connectivity index (χ1v) is 6.23. The molecule has 1 aromatic carbocycles. The average molecular weight is 278 g/mol. The smallest absolute Gasteiger partial charge is 0.407 e. The number of carbonyl (C=O) groups is 3. The second kappa shape index (κ2) is 8.06. The summed E-state index contributed by atoms with van der Waals surface area (Å²) < 4.78 is 5.00. The van der Waals surface area contributed by atoms with E-state index in [-0.39, 0.29) is 13.0 Å². The van der Waals surface area contributed by atoms with Gasteiger partial charge in [-0.15, -0.1) is 0 Å².